The Hall–Kier alpha value is -1.91. The van der Waals surface area contributed by atoms with Crippen molar-refractivity contribution in [2.75, 3.05) is 0 Å². The van der Waals surface area contributed by atoms with Crippen molar-refractivity contribution in [1.29, 1.82) is 0 Å². The van der Waals surface area contributed by atoms with E-state index in [9.17, 15) is 4.79 Å². The number of aromatic nitrogens is 2. The zero-order chi connectivity index (χ0) is 13.9. The number of benzene rings is 1. The molecule has 3 rings (SSSR count). The summed E-state index contributed by atoms with van der Waals surface area (Å²) in [6.45, 7) is 0.638. The largest absolute Gasteiger partial charge is 0.298 e. The molecule has 0 radical (unpaired) electrons. The first kappa shape index (κ1) is 13.1. The van der Waals surface area contributed by atoms with Crippen LogP contribution in [0.3, 0.4) is 0 Å². The van der Waals surface area contributed by atoms with Gasteiger partial charge in [-0.2, -0.15) is 5.10 Å². The first-order valence-corrected chi connectivity index (χ1v) is 7.33. The van der Waals surface area contributed by atoms with Gasteiger partial charge < -0.3 is 0 Å². The quantitative estimate of drug-likeness (QED) is 0.679. The summed E-state index contributed by atoms with van der Waals surface area (Å²) in [6.07, 6.45) is 2.59. The fraction of sp³-hybridized carbons (Fsp3) is 0.0667. The Balaban J connectivity index is 1.95. The summed E-state index contributed by atoms with van der Waals surface area (Å²) in [6, 6.07) is 11.8. The Labute approximate surface area is 125 Å². The van der Waals surface area contributed by atoms with E-state index in [1.54, 1.807) is 10.9 Å². The molecule has 20 heavy (non-hydrogen) atoms. The molecule has 2 heterocycles. The number of carbonyl (C=O) groups excluding carboxylic acids is 1. The highest BCUT2D eigenvalue weighted by atomic mass is 35.5. The van der Waals surface area contributed by atoms with Gasteiger partial charge in [-0.15, -0.1) is 11.3 Å². The van der Waals surface area contributed by atoms with Crippen molar-refractivity contribution in [3.8, 4) is 11.3 Å². The molecule has 0 saturated carbocycles. The molecule has 0 aliphatic carbocycles. The number of nitrogens with zero attached hydrogens (tertiary/aromatic N) is 2. The Morgan fingerprint density at radius 3 is 2.75 bits per heavy atom. The van der Waals surface area contributed by atoms with Crippen molar-refractivity contribution in [1.82, 2.24) is 9.78 Å². The number of hydrogen-bond acceptors (Lipinski definition) is 3. The summed E-state index contributed by atoms with van der Waals surface area (Å²) >= 11 is 7.37. The van der Waals surface area contributed by atoms with Gasteiger partial charge in [0, 0.05) is 17.1 Å². The maximum Gasteiger partial charge on any atom is 0.153 e. The van der Waals surface area contributed by atoms with E-state index in [2.05, 4.69) is 5.10 Å². The van der Waals surface area contributed by atoms with Gasteiger partial charge in [0.15, 0.2) is 6.29 Å². The second-order valence-electron chi connectivity index (χ2n) is 4.37. The van der Waals surface area contributed by atoms with Gasteiger partial charge in [0.1, 0.15) is 5.69 Å². The highest BCUT2D eigenvalue weighted by Gasteiger charge is 2.12. The molecule has 0 unspecified atom stereocenters. The van der Waals surface area contributed by atoms with Crippen molar-refractivity contribution in [3.63, 3.8) is 0 Å². The summed E-state index contributed by atoms with van der Waals surface area (Å²) in [7, 11) is 0. The molecule has 0 saturated heterocycles. The van der Waals surface area contributed by atoms with E-state index in [1.807, 2.05) is 41.8 Å². The average molecular weight is 303 g/mol. The molecule has 5 heteroatoms. The van der Waals surface area contributed by atoms with Crippen LogP contribution >= 0.6 is 22.9 Å². The minimum atomic E-state index is 0.579. The molecule has 3 nitrogen and oxygen atoms in total. The van der Waals surface area contributed by atoms with E-state index in [-0.39, 0.29) is 0 Å². The molecule has 0 spiro atoms. The Morgan fingerprint density at radius 2 is 2.10 bits per heavy atom. The third kappa shape index (κ3) is 2.66. The Bertz CT molecular complexity index is 733. The van der Waals surface area contributed by atoms with Crippen molar-refractivity contribution >= 4 is 29.2 Å². The third-order valence-corrected chi connectivity index (χ3v) is 4.04. The van der Waals surface area contributed by atoms with Crippen LogP contribution in [-0.4, -0.2) is 16.1 Å². The molecule has 0 aliphatic rings. The first-order valence-electron chi connectivity index (χ1n) is 6.07. The summed E-state index contributed by atoms with van der Waals surface area (Å²) in [5, 5.41) is 6.40. The van der Waals surface area contributed by atoms with E-state index in [0.717, 1.165) is 17.4 Å². The number of hydrogen-bond donors (Lipinski definition) is 0. The molecular weight excluding hydrogens is 292 g/mol. The molecule has 0 N–H and O–H groups in total. The van der Waals surface area contributed by atoms with Crippen molar-refractivity contribution in [3.05, 3.63) is 63.4 Å². The second-order valence-corrected chi connectivity index (χ2v) is 5.92. The van der Waals surface area contributed by atoms with E-state index >= 15 is 0 Å². The van der Waals surface area contributed by atoms with Gasteiger partial charge in [-0.3, -0.25) is 9.48 Å². The number of halogens is 1. The number of rotatable bonds is 4. The van der Waals surface area contributed by atoms with Crippen LogP contribution in [-0.2, 0) is 6.54 Å². The third-order valence-electron chi connectivity index (χ3n) is 2.95. The van der Waals surface area contributed by atoms with E-state index in [4.69, 9.17) is 11.6 Å². The standard InChI is InChI=1S/C15H11ClN2OS/c16-14-6-12(10-20-14)15-13(9-19)8-18(17-15)7-11-4-2-1-3-5-11/h1-6,8-10H,7H2. The Kier molecular flexibility index (Phi) is 3.67. The van der Waals surface area contributed by atoms with E-state index in [0.29, 0.717) is 22.1 Å². The summed E-state index contributed by atoms with van der Waals surface area (Å²) < 4.78 is 2.47. The van der Waals surface area contributed by atoms with Crippen LogP contribution in [0.5, 0.6) is 0 Å². The predicted molar refractivity (Wildman–Crippen MR) is 81.5 cm³/mol. The van der Waals surface area contributed by atoms with Gasteiger partial charge in [0.2, 0.25) is 0 Å². The Morgan fingerprint density at radius 1 is 1.30 bits per heavy atom. The minimum Gasteiger partial charge on any atom is -0.298 e. The van der Waals surface area contributed by atoms with E-state index in [1.165, 1.54) is 11.3 Å². The summed E-state index contributed by atoms with van der Waals surface area (Å²) in [5.41, 5.74) is 3.28. The molecule has 0 amide bonds. The molecule has 2 aromatic heterocycles. The van der Waals surface area contributed by atoms with Crippen LogP contribution in [0.25, 0.3) is 11.3 Å². The van der Waals surface area contributed by atoms with Crippen LogP contribution < -0.4 is 0 Å². The molecular formula is C15H11ClN2OS. The lowest BCUT2D eigenvalue weighted by atomic mass is 10.2. The average Bonchev–Trinajstić information content (AvgIpc) is 3.06. The smallest absolute Gasteiger partial charge is 0.153 e. The van der Waals surface area contributed by atoms with Gasteiger partial charge >= 0.3 is 0 Å². The molecule has 0 aliphatic heterocycles. The molecule has 0 bridgehead atoms. The number of carbonyl (C=O) groups is 1. The van der Waals surface area contributed by atoms with Crippen molar-refractivity contribution in [2.24, 2.45) is 0 Å². The van der Waals surface area contributed by atoms with E-state index < -0.39 is 0 Å². The monoisotopic (exact) mass is 302 g/mol. The van der Waals surface area contributed by atoms with Crippen molar-refractivity contribution < 1.29 is 4.79 Å². The van der Waals surface area contributed by atoms with Crippen LogP contribution in [0.2, 0.25) is 4.34 Å². The lowest BCUT2D eigenvalue weighted by Crippen LogP contribution is -1.99. The topological polar surface area (TPSA) is 34.9 Å². The lowest BCUT2D eigenvalue weighted by molar-refractivity contribution is 0.112. The molecule has 0 fully saturated rings. The van der Waals surface area contributed by atoms with Crippen molar-refractivity contribution in [2.45, 2.75) is 6.54 Å². The maximum absolute atomic E-state index is 11.2. The number of aldehydes is 1. The van der Waals surface area contributed by atoms with Gasteiger partial charge in [0.05, 0.1) is 16.4 Å². The van der Waals surface area contributed by atoms with Crippen LogP contribution in [0.4, 0.5) is 0 Å². The minimum absolute atomic E-state index is 0.579. The fourth-order valence-electron chi connectivity index (χ4n) is 2.03. The van der Waals surface area contributed by atoms with Crippen LogP contribution in [0.1, 0.15) is 15.9 Å². The SMILES string of the molecule is O=Cc1cn(Cc2ccccc2)nc1-c1csc(Cl)c1. The lowest BCUT2D eigenvalue weighted by Gasteiger charge is -2.00. The molecule has 100 valence electrons. The highest BCUT2D eigenvalue weighted by Crippen LogP contribution is 2.29. The molecule has 3 aromatic rings. The maximum atomic E-state index is 11.2. The molecule has 0 atom stereocenters. The fourth-order valence-corrected chi connectivity index (χ4v) is 2.90. The predicted octanol–water partition coefficient (Wildman–Crippen LogP) is 4.13. The summed E-state index contributed by atoms with van der Waals surface area (Å²) in [5.74, 6) is 0. The summed E-state index contributed by atoms with van der Waals surface area (Å²) in [4.78, 5) is 11.2. The van der Waals surface area contributed by atoms with Crippen LogP contribution in [0, 0.1) is 0 Å². The van der Waals surface area contributed by atoms with Gasteiger partial charge in [-0.25, -0.2) is 0 Å². The van der Waals surface area contributed by atoms with Crippen LogP contribution in [0.15, 0.2) is 48.0 Å². The second kappa shape index (κ2) is 5.61. The molecule has 1 aromatic carbocycles. The van der Waals surface area contributed by atoms with Gasteiger partial charge in [0.25, 0.3) is 0 Å². The van der Waals surface area contributed by atoms with Gasteiger partial charge in [-0.05, 0) is 11.6 Å². The first-order chi connectivity index (χ1) is 9.76. The zero-order valence-corrected chi connectivity index (χ0v) is 12.1. The highest BCUT2D eigenvalue weighted by molar-refractivity contribution is 7.14. The number of thiophene rings is 1. The zero-order valence-electron chi connectivity index (χ0n) is 10.5. The normalized spacial score (nSPS) is 10.7. The van der Waals surface area contributed by atoms with Gasteiger partial charge in [-0.1, -0.05) is 41.9 Å².